The van der Waals surface area contributed by atoms with Crippen molar-refractivity contribution in [3.63, 3.8) is 0 Å². The van der Waals surface area contributed by atoms with Crippen LogP contribution in [0.1, 0.15) is 27.2 Å². The summed E-state index contributed by atoms with van der Waals surface area (Å²) in [7, 11) is -3.97. The molecule has 0 N–H and O–H groups in total. The molecule has 0 aliphatic heterocycles. The van der Waals surface area contributed by atoms with E-state index in [9.17, 15) is 13.0 Å². The normalized spacial score (nSPS) is 14.9. The van der Waals surface area contributed by atoms with Crippen LogP contribution in [0.3, 0.4) is 0 Å². The molecule has 2 atom stereocenters. The van der Waals surface area contributed by atoms with E-state index in [2.05, 4.69) is 0 Å². The second kappa shape index (κ2) is 9.64. The molecule has 0 fully saturated rings. The molecule has 2 rings (SSSR count). The minimum absolute atomic E-state index is 0.0450. The molecule has 0 aliphatic rings. The van der Waals surface area contributed by atoms with Crippen LogP contribution in [-0.4, -0.2) is 20.3 Å². The average Bonchev–Trinajstić information content (AvgIpc) is 2.62. The molecular formula is C18H23O6PS2. The monoisotopic (exact) mass is 430 g/mol. The molecule has 0 saturated heterocycles. The smallest absolute Gasteiger partial charge is 0.417 e. The standard InChI is InChI=1S/C18H23O6PS2/c1-4-15(3)26-25(19,22-5-2)23-16-10-9-11-17(14-16)24-27(20,21)18-12-7-6-8-13-18/h6-15H,4-5H2,1-3H3. The second-order valence-electron chi connectivity index (χ2n) is 5.61. The average molecular weight is 430 g/mol. The number of hydrogen-bond acceptors (Lipinski definition) is 7. The SMILES string of the molecule is CCOP(=O)(Oc1cccc(OS(=O)(=O)c2ccccc2)c1)SC(C)CC. The van der Waals surface area contributed by atoms with Gasteiger partial charge in [-0.15, -0.1) is 0 Å². The molecule has 0 aliphatic carbocycles. The summed E-state index contributed by atoms with van der Waals surface area (Å²) in [5, 5.41) is 0.0836. The summed E-state index contributed by atoms with van der Waals surface area (Å²) in [5.74, 6) is 0.274. The van der Waals surface area contributed by atoms with Crippen molar-refractivity contribution in [1.29, 1.82) is 0 Å². The molecule has 2 aromatic rings. The lowest BCUT2D eigenvalue weighted by Crippen LogP contribution is -2.09. The molecule has 27 heavy (non-hydrogen) atoms. The first-order valence-corrected chi connectivity index (χ1v) is 12.9. The third-order valence-electron chi connectivity index (χ3n) is 3.43. The van der Waals surface area contributed by atoms with E-state index in [1.807, 2.05) is 13.8 Å². The highest BCUT2D eigenvalue weighted by Gasteiger charge is 2.29. The van der Waals surface area contributed by atoms with Gasteiger partial charge in [-0.1, -0.05) is 38.1 Å². The second-order valence-corrected chi connectivity index (χ2v) is 11.5. The van der Waals surface area contributed by atoms with E-state index < -0.39 is 16.9 Å². The van der Waals surface area contributed by atoms with E-state index in [4.69, 9.17) is 13.2 Å². The third-order valence-corrected chi connectivity index (χ3v) is 9.05. The lowest BCUT2D eigenvalue weighted by molar-refractivity contribution is 0.296. The molecule has 6 nitrogen and oxygen atoms in total. The van der Waals surface area contributed by atoms with Gasteiger partial charge in [-0.25, -0.2) is 4.57 Å². The van der Waals surface area contributed by atoms with Crippen molar-refractivity contribution in [2.45, 2.75) is 37.3 Å². The van der Waals surface area contributed by atoms with Gasteiger partial charge in [0.15, 0.2) is 0 Å². The molecule has 2 unspecified atom stereocenters. The summed E-state index contributed by atoms with van der Waals surface area (Å²) in [4.78, 5) is 0.0450. The van der Waals surface area contributed by atoms with Gasteiger partial charge in [0.05, 0.1) is 6.61 Å². The zero-order valence-corrected chi connectivity index (χ0v) is 17.9. The maximum absolute atomic E-state index is 12.9. The largest absolute Gasteiger partial charge is 0.440 e. The number of benzene rings is 2. The van der Waals surface area contributed by atoms with Crippen molar-refractivity contribution in [3.05, 3.63) is 54.6 Å². The molecule has 2 aromatic carbocycles. The summed E-state index contributed by atoms with van der Waals surface area (Å²) in [5.41, 5.74) is 0. The fourth-order valence-corrected chi connectivity index (χ4v) is 7.04. The molecule has 0 bridgehead atoms. The van der Waals surface area contributed by atoms with Gasteiger partial charge in [0.25, 0.3) is 0 Å². The summed E-state index contributed by atoms with van der Waals surface area (Å²) < 4.78 is 53.7. The van der Waals surface area contributed by atoms with Crippen LogP contribution >= 0.6 is 18.2 Å². The Labute approximate surface area is 164 Å². The Morgan fingerprint density at radius 1 is 1.04 bits per heavy atom. The van der Waals surface area contributed by atoms with E-state index >= 15 is 0 Å². The van der Waals surface area contributed by atoms with Crippen LogP contribution in [0, 0.1) is 0 Å². The molecule has 148 valence electrons. The highest BCUT2D eigenvalue weighted by atomic mass is 32.7. The van der Waals surface area contributed by atoms with E-state index in [0.29, 0.717) is 0 Å². The molecule has 0 heterocycles. The maximum Gasteiger partial charge on any atom is 0.440 e. The molecule has 0 aromatic heterocycles. The summed E-state index contributed by atoms with van der Waals surface area (Å²) in [6, 6.07) is 13.8. The van der Waals surface area contributed by atoms with Gasteiger partial charge in [-0.2, -0.15) is 8.42 Å². The van der Waals surface area contributed by atoms with Gasteiger partial charge in [0.2, 0.25) is 0 Å². The van der Waals surface area contributed by atoms with Gasteiger partial charge in [-0.3, -0.25) is 4.52 Å². The first-order valence-electron chi connectivity index (χ1n) is 8.50. The first-order chi connectivity index (χ1) is 12.8. The molecule has 0 radical (unpaired) electrons. The van der Waals surface area contributed by atoms with Gasteiger partial charge >= 0.3 is 16.9 Å². The van der Waals surface area contributed by atoms with Gasteiger partial charge in [0.1, 0.15) is 16.4 Å². The van der Waals surface area contributed by atoms with Crippen molar-refractivity contribution in [2.75, 3.05) is 6.61 Å². The van der Waals surface area contributed by atoms with Crippen molar-refractivity contribution in [2.24, 2.45) is 0 Å². The molecule has 0 amide bonds. The maximum atomic E-state index is 12.9. The van der Waals surface area contributed by atoms with Crippen LogP contribution in [-0.2, 0) is 19.2 Å². The van der Waals surface area contributed by atoms with Crippen molar-refractivity contribution < 1.29 is 26.2 Å². The Hall–Kier alpha value is -1.47. The topological polar surface area (TPSA) is 78.9 Å². The number of hydrogen-bond donors (Lipinski definition) is 0. The molecule has 9 heteroatoms. The Morgan fingerprint density at radius 3 is 2.33 bits per heavy atom. The minimum atomic E-state index is -3.97. The Bertz CT molecular complexity index is 886. The predicted molar refractivity (Wildman–Crippen MR) is 108 cm³/mol. The van der Waals surface area contributed by atoms with E-state index in [-0.39, 0.29) is 28.3 Å². The van der Waals surface area contributed by atoms with Crippen molar-refractivity contribution in [3.8, 4) is 11.5 Å². The van der Waals surface area contributed by atoms with Crippen molar-refractivity contribution >= 4 is 28.3 Å². The Balaban J connectivity index is 2.20. The van der Waals surface area contributed by atoms with Crippen LogP contribution < -0.4 is 8.71 Å². The lowest BCUT2D eigenvalue weighted by atomic mass is 10.3. The lowest BCUT2D eigenvalue weighted by Gasteiger charge is -2.20. The molecule has 0 saturated carbocycles. The van der Waals surface area contributed by atoms with Gasteiger partial charge in [0, 0.05) is 11.3 Å². The molecule has 0 spiro atoms. The predicted octanol–water partition coefficient (Wildman–Crippen LogP) is 5.51. The fourth-order valence-electron chi connectivity index (χ4n) is 2.01. The van der Waals surface area contributed by atoms with E-state index in [0.717, 1.165) is 17.8 Å². The van der Waals surface area contributed by atoms with E-state index in [1.165, 1.54) is 24.3 Å². The van der Waals surface area contributed by atoms with Gasteiger partial charge < -0.3 is 8.71 Å². The summed E-state index contributed by atoms with van der Waals surface area (Å²) in [6.07, 6.45) is 0.809. The number of rotatable bonds is 10. The fraction of sp³-hybridized carbons (Fsp3) is 0.333. The Kier molecular flexibility index (Phi) is 7.79. The highest BCUT2D eigenvalue weighted by Crippen LogP contribution is 2.62. The summed E-state index contributed by atoms with van der Waals surface area (Å²) >= 11 is 1.13. The zero-order chi connectivity index (χ0) is 19.9. The third kappa shape index (κ3) is 6.57. The van der Waals surface area contributed by atoms with Crippen LogP contribution in [0.4, 0.5) is 0 Å². The Morgan fingerprint density at radius 2 is 1.70 bits per heavy atom. The highest BCUT2D eigenvalue weighted by molar-refractivity contribution is 8.55. The summed E-state index contributed by atoms with van der Waals surface area (Å²) in [6.45, 7) is 2.46. The van der Waals surface area contributed by atoms with Crippen LogP contribution in [0.5, 0.6) is 11.5 Å². The minimum Gasteiger partial charge on any atom is -0.417 e. The van der Waals surface area contributed by atoms with Crippen LogP contribution in [0.2, 0.25) is 0 Å². The zero-order valence-electron chi connectivity index (χ0n) is 15.4. The first kappa shape index (κ1) is 21.8. The van der Waals surface area contributed by atoms with Gasteiger partial charge in [-0.05, 0) is 49.0 Å². The van der Waals surface area contributed by atoms with Crippen LogP contribution in [0.25, 0.3) is 0 Å². The van der Waals surface area contributed by atoms with E-state index in [1.54, 1.807) is 37.3 Å². The van der Waals surface area contributed by atoms with Crippen LogP contribution in [0.15, 0.2) is 59.5 Å². The van der Waals surface area contributed by atoms with Crippen molar-refractivity contribution in [1.82, 2.24) is 0 Å². The quantitative estimate of drug-likeness (QED) is 0.363. The molecular weight excluding hydrogens is 407 g/mol.